The lowest BCUT2D eigenvalue weighted by atomic mass is 9.87. The van der Waals surface area contributed by atoms with Crippen molar-refractivity contribution in [2.24, 2.45) is 11.1 Å². The number of unbranched alkanes of at least 4 members (excludes halogenated alkanes) is 10. The molecule has 0 heterocycles. The lowest BCUT2D eigenvalue weighted by Crippen LogP contribution is -2.45. The number of aliphatic hydroxyl groups excluding tert-OH is 3. The monoisotopic (exact) mass is 401 g/mol. The summed E-state index contributed by atoms with van der Waals surface area (Å²) >= 11 is 0. The van der Waals surface area contributed by atoms with E-state index in [0.29, 0.717) is 38.1 Å². The number of rotatable bonds is 20. The summed E-state index contributed by atoms with van der Waals surface area (Å²) in [5.41, 5.74) is 4.06. The Balaban J connectivity index is 3.46. The van der Waals surface area contributed by atoms with E-state index in [4.69, 9.17) is 10.8 Å². The lowest BCUT2D eigenvalue weighted by molar-refractivity contribution is -0.133. The maximum Gasteiger partial charge on any atom is 0.140 e. The standard InChI is InChI=1S/C21H39NO6/c22-18(14-23)20(28)19(27)12-10-8-6-4-2-1-3-5-7-9-11-13-21(15-24,16-25)17-26/h15-20,23,27-28H,1-14,22H2/t18-,19+,20-/m0/s1. The lowest BCUT2D eigenvalue weighted by Gasteiger charge is -2.22. The molecule has 0 unspecified atom stereocenters. The van der Waals surface area contributed by atoms with Crippen LogP contribution >= 0.6 is 0 Å². The van der Waals surface area contributed by atoms with Crippen molar-refractivity contribution in [3.05, 3.63) is 0 Å². The summed E-state index contributed by atoms with van der Waals surface area (Å²) in [5, 5.41) is 28.3. The number of nitrogens with two attached hydrogens (primary N) is 1. The summed E-state index contributed by atoms with van der Waals surface area (Å²) in [7, 11) is 0. The predicted octanol–water partition coefficient (Wildman–Crippen LogP) is 1.68. The van der Waals surface area contributed by atoms with Gasteiger partial charge in [-0.05, 0) is 12.8 Å². The van der Waals surface area contributed by atoms with Crippen LogP contribution in [0.15, 0.2) is 0 Å². The van der Waals surface area contributed by atoms with Gasteiger partial charge in [0.25, 0.3) is 0 Å². The van der Waals surface area contributed by atoms with Gasteiger partial charge in [0.05, 0.1) is 24.9 Å². The predicted molar refractivity (Wildman–Crippen MR) is 108 cm³/mol. The molecule has 7 nitrogen and oxygen atoms in total. The number of carbonyl (C=O) groups excluding carboxylic acids is 3. The van der Waals surface area contributed by atoms with Crippen molar-refractivity contribution in [1.29, 1.82) is 0 Å². The maximum absolute atomic E-state index is 10.8. The molecule has 0 aliphatic carbocycles. The number of hydrogen-bond acceptors (Lipinski definition) is 7. The molecule has 0 bridgehead atoms. The van der Waals surface area contributed by atoms with Gasteiger partial charge >= 0.3 is 0 Å². The molecule has 0 rings (SSSR count). The van der Waals surface area contributed by atoms with Crippen LogP contribution in [0.1, 0.15) is 83.5 Å². The Hall–Kier alpha value is -1.15. The fraction of sp³-hybridized carbons (Fsp3) is 0.857. The molecule has 7 heteroatoms. The molecule has 0 aromatic rings. The number of aliphatic hydroxyl groups is 3. The molecule has 3 atom stereocenters. The zero-order valence-corrected chi connectivity index (χ0v) is 17.0. The molecule has 0 aliphatic heterocycles. The fourth-order valence-electron chi connectivity index (χ4n) is 3.20. The summed E-state index contributed by atoms with van der Waals surface area (Å²) in [6.45, 7) is -0.338. The van der Waals surface area contributed by atoms with Gasteiger partial charge in [0.15, 0.2) is 0 Å². The average molecular weight is 402 g/mol. The van der Waals surface area contributed by atoms with E-state index in [0.717, 1.165) is 51.4 Å². The molecular formula is C21H39NO6. The summed E-state index contributed by atoms with van der Waals surface area (Å²) < 4.78 is 0. The van der Waals surface area contributed by atoms with Crippen LogP contribution in [0.3, 0.4) is 0 Å². The van der Waals surface area contributed by atoms with Crippen LogP contribution < -0.4 is 5.73 Å². The number of carbonyl (C=O) groups is 3. The molecule has 164 valence electrons. The van der Waals surface area contributed by atoms with Crippen LogP contribution in [0.25, 0.3) is 0 Å². The van der Waals surface area contributed by atoms with Crippen molar-refractivity contribution < 1.29 is 29.7 Å². The third kappa shape index (κ3) is 11.6. The molecule has 0 saturated carbocycles. The van der Waals surface area contributed by atoms with Crippen LogP contribution in [0, 0.1) is 5.41 Å². The smallest absolute Gasteiger partial charge is 0.140 e. The van der Waals surface area contributed by atoms with E-state index < -0.39 is 23.7 Å². The number of aldehydes is 3. The van der Waals surface area contributed by atoms with Gasteiger partial charge < -0.3 is 35.4 Å². The third-order valence-corrected chi connectivity index (χ3v) is 5.31. The van der Waals surface area contributed by atoms with Gasteiger partial charge in [-0.15, -0.1) is 0 Å². The second-order valence-electron chi connectivity index (χ2n) is 7.80. The van der Waals surface area contributed by atoms with Gasteiger partial charge in [0.1, 0.15) is 24.3 Å². The van der Waals surface area contributed by atoms with Crippen LogP contribution in [0.4, 0.5) is 0 Å². The summed E-state index contributed by atoms with van der Waals surface area (Å²) in [4.78, 5) is 32.5. The first kappa shape index (κ1) is 26.9. The normalized spacial score (nSPS) is 15.0. The molecule has 0 amide bonds. The van der Waals surface area contributed by atoms with Crippen molar-refractivity contribution in [2.75, 3.05) is 6.61 Å². The molecule has 0 aliphatic rings. The second kappa shape index (κ2) is 16.8. The average Bonchev–Trinajstić information content (AvgIpc) is 2.73. The van der Waals surface area contributed by atoms with Gasteiger partial charge in [0.2, 0.25) is 0 Å². The first-order valence-corrected chi connectivity index (χ1v) is 10.6. The van der Waals surface area contributed by atoms with E-state index in [9.17, 15) is 24.6 Å². The van der Waals surface area contributed by atoms with Gasteiger partial charge in [-0.3, -0.25) is 0 Å². The second-order valence-corrected chi connectivity index (χ2v) is 7.80. The highest BCUT2D eigenvalue weighted by molar-refractivity contribution is 6.01. The minimum atomic E-state index is -1.43. The molecule has 0 aromatic carbocycles. The Morgan fingerprint density at radius 3 is 1.50 bits per heavy atom. The minimum Gasteiger partial charge on any atom is -0.395 e. The third-order valence-electron chi connectivity index (χ3n) is 5.31. The first-order chi connectivity index (χ1) is 13.5. The van der Waals surface area contributed by atoms with E-state index >= 15 is 0 Å². The van der Waals surface area contributed by atoms with Crippen LogP contribution in [-0.4, -0.2) is 59.0 Å². The molecule has 0 radical (unpaired) electrons. The molecule has 0 fully saturated rings. The number of hydrogen-bond donors (Lipinski definition) is 4. The van der Waals surface area contributed by atoms with Crippen LogP contribution in [0.5, 0.6) is 0 Å². The maximum atomic E-state index is 10.8. The Labute approximate surface area is 168 Å². The van der Waals surface area contributed by atoms with E-state index in [1.54, 1.807) is 0 Å². The summed E-state index contributed by atoms with van der Waals surface area (Å²) in [6, 6.07) is -0.794. The van der Waals surface area contributed by atoms with E-state index in [2.05, 4.69) is 0 Å². The molecule has 0 spiro atoms. The highest BCUT2D eigenvalue weighted by Crippen LogP contribution is 2.19. The molecule has 28 heavy (non-hydrogen) atoms. The Morgan fingerprint density at radius 1 is 0.714 bits per heavy atom. The van der Waals surface area contributed by atoms with Gasteiger partial charge in [-0.1, -0.05) is 70.6 Å². The Bertz CT molecular complexity index is 396. The fourth-order valence-corrected chi connectivity index (χ4v) is 3.20. The highest BCUT2D eigenvalue weighted by Gasteiger charge is 2.27. The SMILES string of the molecule is N[C@@H](CO)[C@H](O)[C@H](O)CCCCCCCCCCCCCC(C=O)(C=O)C=O. The van der Waals surface area contributed by atoms with Crippen molar-refractivity contribution in [2.45, 2.75) is 102 Å². The van der Waals surface area contributed by atoms with Crippen molar-refractivity contribution in [3.63, 3.8) is 0 Å². The molecule has 0 saturated heterocycles. The van der Waals surface area contributed by atoms with Gasteiger partial charge in [-0.25, -0.2) is 0 Å². The van der Waals surface area contributed by atoms with Gasteiger partial charge in [0, 0.05) is 0 Å². The van der Waals surface area contributed by atoms with E-state index in [1.165, 1.54) is 12.8 Å². The van der Waals surface area contributed by atoms with Crippen LogP contribution in [-0.2, 0) is 14.4 Å². The zero-order chi connectivity index (χ0) is 21.3. The van der Waals surface area contributed by atoms with E-state index in [-0.39, 0.29) is 6.61 Å². The molecule has 0 aromatic heterocycles. The summed E-state index contributed by atoms with van der Waals surface area (Å²) in [5.74, 6) is 0. The Morgan fingerprint density at radius 2 is 1.11 bits per heavy atom. The van der Waals surface area contributed by atoms with Crippen LogP contribution in [0.2, 0.25) is 0 Å². The topological polar surface area (TPSA) is 138 Å². The molecular weight excluding hydrogens is 362 g/mol. The van der Waals surface area contributed by atoms with E-state index in [1.807, 2.05) is 0 Å². The largest absolute Gasteiger partial charge is 0.395 e. The highest BCUT2D eigenvalue weighted by atomic mass is 16.3. The van der Waals surface area contributed by atoms with Crippen molar-refractivity contribution in [3.8, 4) is 0 Å². The summed E-state index contributed by atoms with van der Waals surface area (Å²) in [6.07, 6.45) is 11.6. The quantitative estimate of drug-likeness (QED) is 0.138. The van der Waals surface area contributed by atoms with Gasteiger partial charge in [-0.2, -0.15) is 0 Å². The zero-order valence-electron chi connectivity index (χ0n) is 17.0. The van der Waals surface area contributed by atoms with Crippen molar-refractivity contribution in [1.82, 2.24) is 0 Å². The minimum absolute atomic E-state index is 0.307. The Kier molecular flexibility index (Phi) is 16.1. The first-order valence-electron chi connectivity index (χ1n) is 10.6. The van der Waals surface area contributed by atoms with Crippen molar-refractivity contribution >= 4 is 18.9 Å². The molecule has 5 N–H and O–H groups in total.